The SMILES string of the molecule is CC(C)C[C@H](NC(=O)CNS(=O)(=O)c1ccc(Cl)c(Cl)c1)C(N)=O. The van der Waals surface area contributed by atoms with Gasteiger partial charge < -0.3 is 11.1 Å². The maximum atomic E-state index is 12.1. The molecule has 1 rings (SSSR count). The third-order valence-corrected chi connectivity index (χ3v) is 5.15. The van der Waals surface area contributed by atoms with Crippen LogP contribution in [0.5, 0.6) is 0 Å². The standard InChI is InChI=1S/C14H19Cl2N3O4S/c1-8(2)5-12(14(17)21)19-13(20)7-18-24(22,23)9-3-4-10(15)11(16)6-9/h3-4,6,8,12,18H,5,7H2,1-2H3,(H2,17,21)(H,19,20)/t12-/m0/s1. The smallest absolute Gasteiger partial charge is 0.241 e. The lowest BCUT2D eigenvalue weighted by molar-refractivity contribution is -0.127. The zero-order chi connectivity index (χ0) is 18.5. The molecule has 0 radical (unpaired) electrons. The fourth-order valence-corrected chi connectivity index (χ4v) is 3.22. The second-order valence-electron chi connectivity index (χ2n) is 5.55. The van der Waals surface area contributed by atoms with Gasteiger partial charge in [-0.3, -0.25) is 9.59 Å². The van der Waals surface area contributed by atoms with Crippen molar-refractivity contribution in [2.24, 2.45) is 11.7 Å². The van der Waals surface area contributed by atoms with Crippen LogP contribution in [0.1, 0.15) is 20.3 Å². The third-order valence-electron chi connectivity index (χ3n) is 3.01. The maximum Gasteiger partial charge on any atom is 0.241 e. The van der Waals surface area contributed by atoms with Gasteiger partial charge in [0.25, 0.3) is 0 Å². The highest BCUT2D eigenvalue weighted by molar-refractivity contribution is 7.89. The Bertz CT molecular complexity index is 723. The third kappa shape index (κ3) is 6.27. The average Bonchev–Trinajstić information content (AvgIpc) is 2.46. The summed E-state index contributed by atoms with van der Waals surface area (Å²) in [6.45, 7) is 3.20. The van der Waals surface area contributed by atoms with Crippen molar-refractivity contribution < 1.29 is 18.0 Å². The van der Waals surface area contributed by atoms with Crippen LogP contribution in [0, 0.1) is 5.92 Å². The summed E-state index contributed by atoms with van der Waals surface area (Å²) in [7, 11) is -3.94. The molecule has 0 bridgehead atoms. The molecule has 0 fully saturated rings. The summed E-state index contributed by atoms with van der Waals surface area (Å²) >= 11 is 11.5. The molecule has 10 heteroatoms. The lowest BCUT2D eigenvalue weighted by atomic mass is 10.0. The Labute approximate surface area is 150 Å². The Morgan fingerprint density at radius 2 is 1.83 bits per heavy atom. The highest BCUT2D eigenvalue weighted by atomic mass is 35.5. The van der Waals surface area contributed by atoms with Crippen molar-refractivity contribution in [2.45, 2.75) is 31.2 Å². The molecule has 7 nitrogen and oxygen atoms in total. The van der Waals surface area contributed by atoms with Gasteiger partial charge in [-0.2, -0.15) is 0 Å². The van der Waals surface area contributed by atoms with Crippen molar-refractivity contribution in [3.8, 4) is 0 Å². The van der Waals surface area contributed by atoms with Crippen LogP contribution in [0.3, 0.4) is 0 Å². The maximum absolute atomic E-state index is 12.1. The summed E-state index contributed by atoms with van der Waals surface area (Å²) in [5, 5.41) is 2.70. The summed E-state index contributed by atoms with van der Waals surface area (Å²) in [5.41, 5.74) is 5.22. The van der Waals surface area contributed by atoms with E-state index >= 15 is 0 Å². The quantitative estimate of drug-likeness (QED) is 0.614. The molecule has 1 atom stereocenters. The van der Waals surface area contributed by atoms with Crippen LogP contribution in [0.15, 0.2) is 23.1 Å². The van der Waals surface area contributed by atoms with Gasteiger partial charge in [0, 0.05) is 0 Å². The number of nitrogens with one attached hydrogen (secondary N) is 2. The van der Waals surface area contributed by atoms with Gasteiger partial charge in [0.1, 0.15) is 6.04 Å². The summed E-state index contributed by atoms with van der Waals surface area (Å²) in [6.07, 6.45) is 0.362. The molecule has 0 aromatic heterocycles. The van der Waals surface area contributed by atoms with Gasteiger partial charge in [-0.25, -0.2) is 13.1 Å². The van der Waals surface area contributed by atoms with Crippen LogP contribution < -0.4 is 15.8 Å². The fourth-order valence-electron chi connectivity index (χ4n) is 1.85. The van der Waals surface area contributed by atoms with E-state index in [1.165, 1.54) is 18.2 Å². The van der Waals surface area contributed by atoms with Gasteiger partial charge in [-0.1, -0.05) is 37.0 Å². The van der Waals surface area contributed by atoms with Crippen molar-refractivity contribution in [1.82, 2.24) is 10.0 Å². The van der Waals surface area contributed by atoms with E-state index in [9.17, 15) is 18.0 Å². The van der Waals surface area contributed by atoms with Gasteiger partial charge in [0.2, 0.25) is 21.8 Å². The lowest BCUT2D eigenvalue weighted by Gasteiger charge is -2.17. The molecule has 0 aliphatic carbocycles. The monoisotopic (exact) mass is 395 g/mol. The Morgan fingerprint density at radius 3 is 2.33 bits per heavy atom. The molecule has 0 spiro atoms. The number of hydrogen-bond donors (Lipinski definition) is 3. The first-order valence-corrected chi connectivity index (χ1v) is 9.30. The minimum Gasteiger partial charge on any atom is -0.368 e. The van der Waals surface area contributed by atoms with Crippen molar-refractivity contribution in [3.05, 3.63) is 28.2 Å². The van der Waals surface area contributed by atoms with E-state index in [0.29, 0.717) is 6.42 Å². The number of rotatable bonds is 8. The summed E-state index contributed by atoms with van der Waals surface area (Å²) in [4.78, 5) is 23.0. The Balaban J connectivity index is 2.71. The van der Waals surface area contributed by atoms with Crippen molar-refractivity contribution >= 4 is 45.0 Å². The number of carbonyl (C=O) groups excluding carboxylic acids is 2. The van der Waals surface area contributed by atoms with Crippen LogP contribution in [0.25, 0.3) is 0 Å². The average molecular weight is 396 g/mol. The van der Waals surface area contributed by atoms with Crippen molar-refractivity contribution in [3.63, 3.8) is 0 Å². The number of benzene rings is 1. The van der Waals surface area contributed by atoms with Crippen molar-refractivity contribution in [1.29, 1.82) is 0 Å². The van der Waals surface area contributed by atoms with Gasteiger partial charge in [-0.15, -0.1) is 0 Å². The molecule has 0 heterocycles. The molecule has 0 unspecified atom stereocenters. The number of halogens is 2. The van der Waals surface area contributed by atoms with E-state index in [1.807, 2.05) is 13.8 Å². The molecule has 134 valence electrons. The molecule has 0 saturated heterocycles. The Morgan fingerprint density at radius 1 is 1.21 bits per heavy atom. The van der Waals surface area contributed by atoms with Gasteiger partial charge in [0.15, 0.2) is 0 Å². The van der Waals surface area contributed by atoms with E-state index in [0.717, 1.165) is 0 Å². The van der Waals surface area contributed by atoms with Crippen LogP contribution >= 0.6 is 23.2 Å². The van der Waals surface area contributed by atoms with Gasteiger partial charge in [0.05, 0.1) is 21.5 Å². The summed E-state index contributed by atoms with van der Waals surface area (Å²) in [5.74, 6) is -1.21. The van der Waals surface area contributed by atoms with Gasteiger partial charge >= 0.3 is 0 Å². The van der Waals surface area contributed by atoms with Crippen molar-refractivity contribution in [2.75, 3.05) is 6.54 Å². The number of sulfonamides is 1. The topological polar surface area (TPSA) is 118 Å². The van der Waals surface area contributed by atoms with E-state index in [4.69, 9.17) is 28.9 Å². The normalized spacial score (nSPS) is 12.9. The molecule has 2 amide bonds. The van der Waals surface area contributed by atoms with Crippen LogP contribution in [0.4, 0.5) is 0 Å². The highest BCUT2D eigenvalue weighted by Crippen LogP contribution is 2.24. The first-order valence-electron chi connectivity index (χ1n) is 7.06. The lowest BCUT2D eigenvalue weighted by Crippen LogP contribution is -2.48. The number of carbonyl (C=O) groups is 2. The molecule has 4 N–H and O–H groups in total. The predicted molar refractivity (Wildman–Crippen MR) is 92.2 cm³/mol. The number of nitrogens with two attached hydrogens (primary N) is 1. The summed E-state index contributed by atoms with van der Waals surface area (Å²) in [6, 6.07) is 2.92. The predicted octanol–water partition coefficient (Wildman–Crippen LogP) is 1.29. The first kappa shape index (κ1) is 20.7. The number of primary amides is 1. The van der Waals surface area contributed by atoms with Crippen LogP contribution in [-0.2, 0) is 19.6 Å². The molecule has 24 heavy (non-hydrogen) atoms. The second-order valence-corrected chi connectivity index (χ2v) is 8.13. The molecule has 0 saturated carbocycles. The molecule has 0 aliphatic rings. The fraction of sp³-hybridized carbons (Fsp3) is 0.429. The van der Waals surface area contributed by atoms with E-state index in [-0.39, 0.29) is 20.9 Å². The minimum atomic E-state index is -3.94. The Hall–Kier alpha value is -1.35. The molecular formula is C14H19Cl2N3O4S. The minimum absolute atomic E-state index is 0.0784. The largest absolute Gasteiger partial charge is 0.368 e. The van der Waals surface area contributed by atoms with E-state index in [2.05, 4.69) is 10.0 Å². The van der Waals surface area contributed by atoms with E-state index in [1.54, 1.807) is 0 Å². The van der Waals surface area contributed by atoms with Crippen LogP contribution in [-0.4, -0.2) is 32.8 Å². The Kier molecular flexibility index (Phi) is 7.47. The summed E-state index contributed by atoms with van der Waals surface area (Å²) < 4.78 is 26.4. The zero-order valence-electron chi connectivity index (χ0n) is 13.2. The van der Waals surface area contributed by atoms with Gasteiger partial charge in [-0.05, 0) is 30.5 Å². The highest BCUT2D eigenvalue weighted by Gasteiger charge is 2.21. The van der Waals surface area contributed by atoms with Crippen LogP contribution in [0.2, 0.25) is 10.0 Å². The molecule has 1 aromatic carbocycles. The number of hydrogen-bond acceptors (Lipinski definition) is 4. The second kappa shape index (κ2) is 8.66. The zero-order valence-corrected chi connectivity index (χ0v) is 15.5. The molecule has 0 aliphatic heterocycles. The molecule has 1 aromatic rings. The molecular weight excluding hydrogens is 377 g/mol. The first-order chi connectivity index (χ1) is 11.0. The van der Waals surface area contributed by atoms with E-state index < -0.39 is 34.4 Å². The number of amides is 2.